The highest BCUT2D eigenvalue weighted by Gasteiger charge is 2.16. The Labute approximate surface area is 127 Å². The van der Waals surface area contributed by atoms with Gasteiger partial charge in [0.2, 0.25) is 0 Å². The van der Waals surface area contributed by atoms with Gasteiger partial charge in [0, 0.05) is 12.6 Å². The summed E-state index contributed by atoms with van der Waals surface area (Å²) in [5.41, 5.74) is 0.549. The highest BCUT2D eigenvalue weighted by Crippen LogP contribution is 2.22. The molecule has 0 unspecified atom stereocenters. The lowest BCUT2D eigenvalue weighted by molar-refractivity contribution is 0.273. The van der Waals surface area contributed by atoms with Crippen LogP contribution in [0.5, 0.6) is 5.75 Å². The Balaban J connectivity index is 2.44. The summed E-state index contributed by atoms with van der Waals surface area (Å²) in [5, 5.41) is 12.2. The Hall–Kier alpha value is -1.60. The molecule has 21 heavy (non-hydrogen) atoms. The van der Waals surface area contributed by atoms with Crippen LogP contribution >= 0.6 is 0 Å². The maximum Gasteiger partial charge on any atom is 0.165 e. The molecule has 1 rings (SSSR count). The lowest BCUT2D eigenvalue weighted by Crippen LogP contribution is -2.21. The van der Waals surface area contributed by atoms with E-state index in [4.69, 9.17) is 10.00 Å². The monoisotopic (exact) mass is 292 g/mol. The first kappa shape index (κ1) is 17.5. The fraction of sp³-hybridized carbons (Fsp3) is 0.588. The second-order valence-electron chi connectivity index (χ2n) is 6.25. The van der Waals surface area contributed by atoms with Crippen molar-refractivity contribution in [3.05, 3.63) is 29.6 Å². The van der Waals surface area contributed by atoms with Gasteiger partial charge in [0.25, 0.3) is 0 Å². The molecule has 0 aliphatic carbocycles. The number of nitrogens with one attached hydrogen (secondary N) is 1. The average Bonchev–Trinajstić information content (AvgIpc) is 2.43. The Kier molecular flexibility index (Phi) is 6.64. The topological polar surface area (TPSA) is 45.0 Å². The first-order chi connectivity index (χ1) is 9.84. The lowest BCUT2D eigenvalue weighted by Gasteiger charge is -2.15. The predicted molar refractivity (Wildman–Crippen MR) is 82.5 cm³/mol. The minimum Gasteiger partial charge on any atom is -0.491 e. The van der Waals surface area contributed by atoms with Crippen LogP contribution in [0.2, 0.25) is 0 Å². The zero-order chi connectivity index (χ0) is 15.9. The van der Waals surface area contributed by atoms with E-state index in [1.807, 2.05) is 19.9 Å². The maximum atomic E-state index is 13.9. The van der Waals surface area contributed by atoms with Crippen molar-refractivity contribution in [2.24, 2.45) is 5.41 Å². The predicted octanol–water partition coefficient (Wildman–Crippen LogP) is 4.03. The molecule has 0 spiro atoms. The molecule has 0 saturated heterocycles. The van der Waals surface area contributed by atoms with E-state index >= 15 is 0 Å². The molecule has 0 aliphatic rings. The van der Waals surface area contributed by atoms with Crippen molar-refractivity contribution in [2.75, 3.05) is 6.61 Å². The van der Waals surface area contributed by atoms with Crippen molar-refractivity contribution in [1.82, 2.24) is 5.32 Å². The number of ether oxygens (including phenoxy) is 1. The van der Waals surface area contributed by atoms with Crippen LogP contribution in [0.15, 0.2) is 18.2 Å². The fourth-order valence-electron chi connectivity index (χ4n) is 1.85. The third-order valence-electron chi connectivity index (χ3n) is 3.22. The molecular weight excluding hydrogens is 267 g/mol. The van der Waals surface area contributed by atoms with Crippen LogP contribution in [0.1, 0.15) is 46.1 Å². The normalized spacial score (nSPS) is 11.5. The van der Waals surface area contributed by atoms with Gasteiger partial charge in [-0.3, -0.25) is 0 Å². The minimum absolute atomic E-state index is 0.276. The number of nitrogens with zero attached hydrogens (tertiary/aromatic N) is 1. The molecule has 3 nitrogen and oxygen atoms in total. The van der Waals surface area contributed by atoms with Gasteiger partial charge in [-0.25, -0.2) is 4.39 Å². The van der Waals surface area contributed by atoms with Gasteiger partial charge >= 0.3 is 0 Å². The van der Waals surface area contributed by atoms with Gasteiger partial charge < -0.3 is 10.1 Å². The summed E-state index contributed by atoms with van der Waals surface area (Å²) in [6.07, 6.45) is 1.47. The van der Waals surface area contributed by atoms with E-state index in [-0.39, 0.29) is 17.0 Å². The second kappa shape index (κ2) is 7.99. The van der Waals surface area contributed by atoms with E-state index in [1.54, 1.807) is 6.07 Å². The molecule has 0 bridgehead atoms. The van der Waals surface area contributed by atoms with Crippen molar-refractivity contribution < 1.29 is 9.13 Å². The summed E-state index contributed by atoms with van der Waals surface area (Å²) in [6, 6.07) is 7.65. The summed E-state index contributed by atoms with van der Waals surface area (Å²) in [5.74, 6) is -0.0596. The standard InChI is InChI=1S/C17H25FN2O/c1-13(2)20-11-14-6-7-16(15(18)10-14)21-9-5-8-17(3,4)12-19/h6-7,10,13,20H,5,8-9,11H2,1-4H3. The quantitative estimate of drug-likeness (QED) is 0.736. The molecule has 116 valence electrons. The molecular formula is C17H25FN2O. The molecule has 1 N–H and O–H groups in total. The highest BCUT2D eigenvalue weighted by molar-refractivity contribution is 5.29. The zero-order valence-corrected chi connectivity index (χ0v) is 13.4. The van der Waals surface area contributed by atoms with Crippen molar-refractivity contribution >= 4 is 0 Å². The average molecular weight is 292 g/mol. The number of benzene rings is 1. The van der Waals surface area contributed by atoms with E-state index < -0.39 is 0 Å². The zero-order valence-electron chi connectivity index (χ0n) is 13.4. The molecule has 0 fully saturated rings. The van der Waals surface area contributed by atoms with Crippen molar-refractivity contribution in [3.8, 4) is 11.8 Å². The maximum absolute atomic E-state index is 13.9. The number of hydrogen-bond acceptors (Lipinski definition) is 3. The molecule has 0 atom stereocenters. The Bertz CT molecular complexity index is 492. The number of rotatable bonds is 8. The first-order valence-electron chi connectivity index (χ1n) is 7.40. The van der Waals surface area contributed by atoms with Gasteiger partial charge in [0.1, 0.15) is 0 Å². The van der Waals surface area contributed by atoms with Crippen LogP contribution in [0.3, 0.4) is 0 Å². The molecule has 0 aliphatic heterocycles. The van der Waals surface area contributed by atoms with E-state index in [1.165, 1.54) is 6.07 Å². The van der Waals surface area contributed by atoms with Gasteiger partial charge in [-0.2, -0.15) is 5.26 Å². The second-order valence-corrected chi connectivity index (χ2v) is 6.25. The van der Waals surface area contributed by atoms with Crippen LogP contribution in [-0.2, 0) is 6.54 Å². The van der Waals surface area contributed by atoms with Gasteiger partial charge in [-0.15, -0.1) is 0 Å². The largest absolute Gasteiger partial charge is 0.491 e. The van der Waals surface area contributed by atoms with Gasteiger partial charge in [-0.05, 0) is 44.4 Å². The fourth-order valence-corrected chi connectivity index (χ4v) is 1.85. The Morgan fingerprint density at radius 1 is 1.38 bits per heavy atom. The van der Waals surface area contributed by atoms with E-state index in [2.05, 4.69) is 25.2 Å². The molecule has 0 saturated carbocycles. The molecule has 0 aromatic heterocycles. The summed E-state index contributed by atoms with van der Waals surface area (Å²) in [7, 11) is 0. The molecule has 1 aromatic rings. The van der Waals surface area contributed by atoms with Gasteiger partial charge in [0.15, 0.2) is 11.6 Å². The minimum atomic E-state index is -0.353. The Morgan fingerprint density at radius 3 is 2.67 bits per heavy atom. The highest BCUT2D eigenvalue weighted by atomic mass is 19.1. The summed E-state index contributed by atoms with van der Waals surface area (Å²) < 4.78 is 19.3. The molecule has 4 heteroatoms. The van der Waals surface area contributed by atoms with Crippen molar-refractivity contribution in [2.45, 2.75) is 53.1 Å². The molecule has 0 amide bonds. The van der Waals surface area contributed by atoms with Crippen molar-refractivity contribution in [1.29, 1.82) is 5.26 Å². The van der Waals surface area contributed by atoms with Crippen LogP contribution in [-0.4, -0.2) is 12.6 Å². The molecule has 0 radical (unpaired) electrons. The van der Waals surface area contributed by atoms with Gasteiger partial charge in [-0.1, -0.05) is 19.9 Å². The number of nitriles is 1. The van der Waals surface area contributed by atoms with Crippen LogP contribution in [0, 0.1) is 22.6 Å². The molecule has 1 aromatic carbocycles. The Morgan fingerprint density at radius 2 is 2.10 bits per heavy atom. The smallest absolute Gasteiger partial charge is 0.165 e. The summed E-state index contributed by atoms with van der Waals surface area (Å²) in [6.45, 7) is 8.96. The first-order valence-corrected chi connectivity index (χ1v) is 7.40. The van der Waals surface area contributed by atoms with Crippen LogP contribution < -0.4 is 10.1 Å². The summed E-state index contributed by atoms with van der Waals surface area (Å²) in [4.78, 5) is 0. The number of halogens is 1. The van der Waals surface area contributed by atoms with E-state index in [9.17, 15) is 4.39 Å². The third-order valence-corrected chi connectivity index (χ3v) is 3.22. The van der Waals surface area contributed by atoms with E-state index in [0.717, 1.165) is 18.4 Å². The van der Waals surface area contributed by atoms with Crippen LogP contribution in [0.4, 0.5) is 4.39 Å². The van der Waals surface area contributed by atoms with Crippen molar-refractivity contribution in [3.63, 3.8) is 0 Å². The SMILES string of the molecule is CC(C)NCc1ccc(OCCCC(C)(C)C#N)c(F)c1. The summed E-state index contributed by atoms with van der Waals surface area (Å²) >= 11 is 0. The van der Waals surface area contributed by atoms with Crippen LogP contribution in [0.25, 0.3) is 0 Å². The molecule has 0 heterocycles. The third kappa shape index (κ3) is 6.59. The van der Waals surface area contributed by atoms with E-state index in [0.29, 0.717) is 19.2 Å². The van der Waals surface area contributed by atoms with Gasteiger partial charge in [0.05, 0.1) is 18.1 Å². The lowest BCUT2D eigenvalue weighted by atomic mass is 9.90. The number of hydrogen-bond donors (Lipinski definition) is 1.